The molecule has 1 rings (SSSR count). The number of hydrogen-bond acceptors (Lipinski definition) is 1. The minimum absolute atomic E-state index is 0.218. The molecule has 0 radical (unpaired) electrons. The van der Waals surface area contributed by atoms with Gasteiger partial charge in [-0.25, -0.2) is 0 Å². The van der Waals surface area contributed by atoms with E-state index >= 15 is 0 Å². The van der Waals surface area contributed by atoms with Gasteiger partial charge in [0.1, 0.15) is 0 Å². The summed E-state index contributed by atoms with van der Waals surface area (Å²) in [5, 5.41) is 0. The molecule has 0 fully saturated rings. The van der Waals surface area contributed by atoms with Gasteiger partial charge in [0.05, 0.1) is 0 Å². The van der Waals surface area contributed by atoms with Crippen LogP contribution >= 0.6 is 0 Å². The summed E-state index contributed by atoms with van der Waals surface area (Å²) in [4.78, 5) is 13.6. The highest BCUT2D eigenvalue weighted by atomic mass is 16.2. The van der Waals surface area contributed by atoms with Crippen LogP contribution < -0.4 is 0 Å². The Balaban J connectivity index is 2.46. The molecular formula is C14H21NO. The van der Waals surface area contributed by atoms with Gasteiger partial charge in [-0.15, -0.1) is 0 Å². The number of benzene rings is 1. The van der Waals surface area contributed by atoms with Crippen molar-refractivity contribution >= 4 is 5.91 Å². The Hall–Kier alpha value is -1.31. The van der Waals surface area contributed by atoms with Crippen LogP contribution in [0.1, 0.15) is 31.4 Å². The highest BCUT2D eigenvalue weighted by molar-refractivity contribution is 5.76. The maximum Gasteiger partial charge on any atom is 0.222 e. The number of nitrogens with zero attached hydrogens (tertiary/aromatic N) is 1. The average molecular weight is 219 g/mol. The molecule has 0 bridgehead atoms. The Bertz CT molecular complexity index is 340. The topological polar surface area (TPSA) is 20.3 Å². The fraction of sp³-hybridized carbons (Fsp3) is 0.500. The molecule has 1 amide bonds. The Labute approximate surface area is 98.3 Å². The molecule has 0 heterocycles. The Kier molecular flexibility index (Phi) is 4.53. The normalized spacial score (nSPS) is 10.6. The highest BCUT2D eigenvalue weighted by Gasteiger charge is 2.11. The van der Waals surface area contributed by atoms with Gasteiger partial charge in [0, 0.05) is 19.5 Å². The van der Waals surface area contributed by atoms with Crippen molar-refractivity contribution in [2.75, 3.05) is 7.05 Å². The summed E-state index contributed by atoms with van der Waals surface area (Å²) < 4.78 is 0. The van der Waals surface area contributed by atoms with E-state index in [1.807, 2.05) is 20.9 Å². The first-order valence-corrected chi connectivity index (χ1v) is 5.82. The van der Waals surface area contributed by atoms with Crippen molar-refractivity contribution in [2.45, 2.75) is 39.7 Å². The number of hydrogen-bond donors (Lipinski definition) is 0. The molecule has 0 spiro atoms. The van der Waals surface area contributed by atoms with E-state index in [1.165, 1.54) is 11.1 Å². The molecule has 0 aliphatic heterocycles. The van der Waals surface area contributed by atoms with Gasteiger partial charge in [0.25, 0.3) is 0 Å². The van der Waals surface area contributed by atoms with Crippen LogP contribution in [0, 0.1) is 6.92 Å². The fourth-order valence-electron chi connectivity index (χ4n) is 1.47. The van der Waals surface area contributed by atoms with Gasteiger partial charge in [-0.1, -0.05) is 29.8 Å². The van der Waals surface area contributed by atoms with Crippen molar-refractivity contribution in [3.8, 4) is 0 Å². The standard InChI is InChI=1S/C14H21NO/c1-11(2)15(4)14(16)10-9-13-7-5-12(3)6-8-13/h5-8,11H,9-10H2,1-4H3. The van der Waals surface area contributed by atoms with Gasteiger partial charge >= 0.3 is 0 Å². The predicted molar refractivity (Wildman–Crippen MR) is 67.4 cm³/mol. The van der Waals surface area contributed by atoms with Crippen molar-refractivity contribution in [1.82, 2.24) is 4.90 Å². The second-order valence-corrected chi connectivity index (χ2v) is 4.58. The summed E-state index contributed by atoms with van der Waals surface area (Å²) in [6.07, 6.45) is 1.42. The molecule has 2 heteroatoms. The molecule has 1 aromatic carbocycles. The van der Waals surface area contributed by atoms with Gasteiger partial charge in [0.2, 0.25) is 5.91 Å². The molecule has 2 nitrogen and oxygen atoms in total. The molecule has 0 N–H and O–H groups in total. The third-order valence-electron chi connectivity index (χ3n) is 2.92. The largest absolute Gasteiger partial charge is 0.343 e. The molecule has 0 aliphatic rings. The first kappa shape index (κ1) is 12.8. The van der Waals surface area contributed by atoms with Crippen molar-refractivity contribution in [2.24, 2.45) is 0 Å². The van der Waals surface area contributed by atoms with Crippen LogP contribution in [0.2, 0.25) is 0 Å². The Morgan fingerprint density at radius 3 is 2.31 bits per heavy atom. The lowest BCUT2D eigenvalue weighted by Gasteiger charge is -2.21. The lowest BCUT2D eigenvalue weighted by atomic mass is 10.1. The quantitative estimate of drug-likeness (QED) is 0.762. The monoisotopic (exact) mass is 219 g/mol. The summed E-state index contributed by atoms with van der Waals surface area (Å²) >= 11 is 0. The lowest BCUT2D eigenvalue weighted by Crippen LogP contribution is -2.33. The zero-order valence-corrected chi connectivity index (χ0v) is 10.7. The van der Waals surface area contributed by atoms with E-state index in [1.54, 1.807) is 4.90 Å². The van der Waals surface area contributed by atoms with Crippen LogP contribution in [0.15, 0.2) is 24.3 Å². The second-order valence-electron chi connectivity index (χ2n) is 4.58. The third-order valence-corrected chi connectivity index (χ3v) is 2.92. The van der Waals surface area contributed by atoms with E-state index in [-0.39, 0.29) is 11.9 Å². The summed E-state index contributed by atoms with van der Waals surface area (Å²) in [6.45, 7) is 6.13. The minimum Gasteiger partial charge on any atom is -0.343 e. The minimum atomic E-state index is 0.218. The number of amides is 1. The van der Waals surface area contributed by atoms with Crippen LogP contribution in [0.5, 0.6) is 0 Å². The van der Waals surface area contributed by atoms with Gasteiger partial charge in [-0.3, -0.25) is 4.79 Å². The van der Waals surface area contributed by atoms with Crippen LogP contribution in [-0.2, 0) is 11.2 Å². The smallest absolute Gasteiger partial charge is 0.222 e. The molecule has 0 saturated heterocycles. The predicted octanol–water partition coefficient (Wildman–Crippen LogP) is 2.79. The van der Waals surface area contributed by atoms with E-state index in [2.05, 4.69) is 31.2 Å². The van der Waals surface area contributed by atoms with Crippen molar-refractivity contribution < 1.29 is 4.79 Å². The number of carbonyl (C=O) groups excluding carboxylic acids is 1. The van der Waals surface area contributed by atoms with Crippen LogP contribution in [0.3, 0.4) is 0 Å². The molecular weight excluding hydrogens is 198 g/mol. The SMILES string of the molecule is Cc1ccc(CCC(=O)N(C)C(C)C)cc1. The van der Waals surface area contributed by atoms with E-state index in [9.17, 15) is 4.79 Å². The molecule has 88 valence electrons. The van der Waals surface area contributed by atoms with Crippen molar-refractivity contribution in [1.29, 1.82) is 0 Å². The van der Waals surface area contributed by atoms with Gasteiger partial charge in [-0.05, 0) is 32.8 Å². The average Bonchev–Trinajstić information content (AvgIpc) is 2.26. The number of rotatable bonds is 4. The zero-order chi connectivity index (χ0) is 12.1. The van der Waals surface area contributed by atoms with Crippen LogP contribution in [-0.4, -0.2) is 23.9 Å². The number of aryl methyl sites for hydroxylation is 2. The van der Waals surface area contributed by atoms with Gasteiger partial charge < -0.3 is 4.90 Å². The van der Waals surface area contributed by atoms with Gasteiger partial charge in [0.15, 0.2) is 0 Å². The molecule has 16 heavy (non-hydrogen) atoms. The molecule has 0 atom stereocenters. The molecule has 0 aromatic heterocycles. The lowest BCUT2D eigenvalue weighted by molar-refractivity contribution is -0.131. The van der Waals surface area contributed by atoms with Crippen LogP contribution in [0.25, 0.3) is 0 Å². The Morgan fingerprint density at radius 2 is 1.81 bits per heavy atom. The van der Waals surface area contributed by atoms with E-state index in [0.29, 0.717) is 6.42 Å². The molecule has 0 saturated carbocycles. The van der Waals surface area contributed by atoms with Crippen molar-refractivity contribution in [3.63, 3.8) is 0 Å². The van der Waals surface area contributed by atoms with Gasteiger partial charge in [-0.2, -0.15) is 0 Å². The van der Waals surface area contributed by atoms with Crippen molar-refractivity contribution in [3.05, 3.63) is 35.4 Å². The summed E-state index contributed by atoms with van der Waals surface area (Å²) in [5.41, 5.74) is 2.49. The van der Waals surface area contributed by atoms with E-state index in [4.69, 9.17) is 0 Å². The molecule has 0 aliphatic carbocycles. The Morgan fingerprint density at radius 1 is 1.25 bits per heavy atom. The summed E-state index contributed by atoms with van der Waals surface area (Å²) in [6, 6.07) is 8.65. The zero-order valence-electron chi connectivity index (χ0n) is 10.7. The first-order chi connectivity index (χ1) is 7.50. The third kappa shape index (κ3) is 3.69. The van der Waals surface area contributed by atoms with E-state index < -0.39 is 0 Å². The number of carbonyl (C=O) groups is 1. The van der Waals surface area contributed by atoms with Crippen LogP contribution in [0.4, 0.5) is 0 Å². The fourth-order valence-corrected chi connectivity index (χ4v) is 1.47. The summed E-state index contributed by atoms with van der Waals surface area (Å²) in [5.74, 6) is 0.218. The van der Waals surface area contributed by atoms with E-state index in [0.717, 1.165) is 6.42 Å². The molecule has 0 unspecified atom stereocenters. The second kappa shape index (κ2) is 5.69. The highest BCUT2D eigenvalue weighted by Crippen LogP contribution is 2.07. The first-order valence-electron chi connectivity index (χ1n) is 5.82. The maximum atomic E-state index is 11.8. The maximum absolute atomic E-state index is 11.8. The molecule has 1 aromatic rings. The summed E-state index contributed by atoms with van der Waals surface area (Å²) in [7, 11) is 1.86.